The van der Waals surface area contributed by atoms with Crippen LogP contribution in [0.25, 0.3) is 0 Å². The fourth-order valence-corrected chi connectivity index (χ4v) is 1.65. The Morgan fingerprint density at radius 2 is 1.36 bits per heavy atom. The van der Waals surface area contributed by atoms with E-state index in [2.05, 4.69) is 0 Å². The third kappa shape index (κ3) is 4.03. The highest BCUT2D eigenvalue weighted by atomic mass is 19.4. The summed E-state index contributed by atoms with van der Waals surface area (Å²) in [5.74, 6) is 0. The number of aliphatic hydroxyl groups excluding tert-OH is 1. The summed E-state index contributed by atoms with van der Waals surface area (Å²) < 4.78 is 112. The molecule has 0 heterocycles. The normalized spacial score (nSPS) is 16.5. The smallest absolute Gasteiger partial charge is 0.382 e. The van der Waals surface area contributed by atoms with Gasteiger partial charge in [0.2, 0.25) is 0 Å². The Morgan fingerprint density at radius 1 is 0.864 bits per heavy atom. The predicted molar refractivity (Wildman–Crippen MR) is 55.4 cm³/mol. The number of hydrogen-bond acceptors (Lipinski definition) is 2. The summed E-state index contributed by atoms with van der Waals surface area (Å²) in [6, 6.07) is -2.83. The molecule has 2 nitrogen and oxygen atoms in total. The number of aliphatic hydroxyl groups is 1. The topological polar surface area (TPSA) is 46.2 Å². The van der Waals surface area contributed by atoms with E-state index in [1.165, 1.54) is 0 Å². The van der Waals surface area contributed by atoms with E-state index in [1.54, 1.807) is 0 Å². The summed E-state index contributed by atoms with van der Waals surface area (Å²) in [6.45, 7) is 0. The average molecular weight is 341 g/mol. The van der Waals surface area contributed by atoms with Crippen LogP contribution in [0.5, 0.6) is 0 Å². The molecule has 0 aliphatic carbocycles. The number of alkyl halides is 9. The Balaban J connectivity index is 3.47. The van der Waals surface area contributed by atoms with Gasteiger partial charge in [-0.2, -0.15) is 39.5 Å². The zero-order chi connectivity index (χ0) is 17.5. The molecule has 0 aliphatic rings. The quantitative estimate of drug-likeness (QED) is 0.807. The molecule has 0 amide bonds. The largest absolute Gasteiger partial charge is 0.416 e. The maximum Gasteiger partial charge on any atom is 0.416 e. The van der Waals surface area contributed by atoms with Crippen molar-refractivity contribution in [2.45, 2.75) is 30.7 Å². The van der Waals surface area contributed by atoms with E-state index in [0.29, 0.717) is 0 Å². The van der Waals surface area contributed by atoms with Gasteiger partial charge in [0, 0.05) is 0 Å². The second kappa shape index (κ2) is 5.61. The van der Waals surface area contributed by atoms with Crippen molar-refractivity contribution in [3.8, 4) is 0 Å². The minimum absolute atomic E-state index is 0.0267. The third-order valence-corrected chi connectivity index (χ3v) is 2.72. The van der Waals surface area contributed by atoms with Gasteiger partial charge in [0.1, 0.15) is 0 Å². The number of halogens is 9. The summed E-state index contributed by atoms with van der Waals surface area (Å²) in [5, 5.41) is 8.89. The molecule has 2 atom stereocenters. The van der Waals surface area contributed by atoms with Crippen LogP contribution in [0.3, 0.4) is 0 Å². The van der Waals surface area contributed by atoms with Gasteiger partial charge in [-0.05, 0) is 23.8 Å². The van der Waals surface area contributed by atoms with Crippen LogP contribution in [-0.4, -0.2) is 17.4 Å². The van der Waals surface area contributed by atoms with Crippen molar-refractivity contribution < 1.29 is 44.6 Å². The van der Waals surface area contributed by atoms with E-state index in [4.69, 9.17) is 10.8 Å². The second-order valence-electron chi connectivity index (χ2n) is 4.31. The summed E-state index contributed by atoms with van der Waals surface area (Å²) in [5.41, 5.74) is 0.0116. The molecule has 126 valence electrons. The summed E-state index contributed by atoms with van der Waals surface area (Å²) in [4.78, 5) is 0. The number of hydrogen-bond donors (Lipinski definition) is 2. The van der Waals surface area contributed by atoms with Crippen LogP contribution >= 0.6 is 0 Å². The van der Waals surface area contributed by atoms with Crippen LogP contribution in [0, 0.1) is 0 Å². The van der Waals surface area contributed by atoms with E-state index in [1.807, 2.05) is 0 Å². The van der Waals surface area contributed by atoms with Crippen LogP contribution in [-0.2, 0) is 12.4 Å². The van der Waals surface area contributed by atoms with Crippen molar-refractivity contribution in [2.75, 3.05) is 0 Å². The standard InChI is InChI=1S/C11H8F9NO/c12-9(13,14)4-1-2-6(10(15,16)17)5(3-4)7(21)8(22)11(18,19)20/h1-3,7-8,22H,21H2/t7-,8-/m1/s1. The van der Waals surface area contributed by atoms with Gasteiger partial charge >= 0.3 is 18.5 Å². The molecule has 1 aromatic carbocycles. The zero-order valence-corrected chi connectivity index (χ0v) is 10.3. The van der Waals surface area contributed by atoms with Gasteiger partial charge in [-0.25, -0.2) is 0 Å². The van der Waals surface area contributed by atoms with Crippen molar-refractivity contribution in [3.05, 3.63) is 34.9 Å². The fraction of sp³-hybridized carbons (Fsp3) is 0.455. The minimum atomic E-state index is -5.39. The first-order chi connectivity index (χ1) is 9.65. The maximum atomic E-state index is 12.7. The first kappa shape index (κ1) is 18.6. The van der Waals surface area contributed by atoms with Gasteiger partial charge in [-0.3, -0.25) is 0 Å². The Hall–Kier alpha value is -1.49. The first-order valence-corrected chi connectivity index (χ1v) is 5.44. The monoisotopic (exact) mass is 341 g/mol. The highest BCUT2D eigenvalue weighted by Crippen LogP contribution is 2.40. The molecular weight excluding hydrogens is 333 g/mol. The summed E-state index contributed by atoms with van der Waals surface area (Å²) in [7, 11) is 0. The molecule has 0 radical (unpaired) electrons. The van der Waals surface area contributed by atoms with Crippen LogP contribution in [0.4, 0.5) is 39.5 Å². The molecule has 1 aromatic rings. The van der Waals surface area contributed by atoms with Crippen LogP contribution in [0.2, 0.25) is 0 Å². The Morgan fingerprint density at radius 3 is 1.73 bits per heavy atom. The lowest BCUT2D eigenvalue weighted by atomic mass is 9.94. The Bertz CT molecular complexity index is 532. The average Bonchev–Trinajstić information content (AvgIpc) is 2.33. The SMILES string of the molecule is N[C@H](c1cc(C(F)(F)F)ccc1C(F)(F)F)[C@@H](O)C(F)(F)F. The van der Waals surface area contributed by atoms with E-state index in [0.717, 1.165) is 0 Å². The predicted octanol–water partition coefficient (Wildman–Crippen LogP) is 3.65. The molecule has 0 spiro atoms. The van der Waals surface area contributed by atoms with Gasteiger partial charge in [-0.15, -0.1) is 0 Å². The van der Waals surface area contributed by atoms with Crippen LogP contribution in [0.1, 0.15) is 22.7 Å². The number of benzene rings is 1. The van der Waals surface area contributed by atoms with E-state index in [-0.39, 0.29) is 18.2 Å². The lowest BCUT2D eigenvalue weighted by molar-refractivity contribution is -0.211. The fourth-order valence-electron chi connectivity index (χ4n) is 1.65. The van der Waals surface area contributed by atoms with Crippen LogP contribution in [0.15, 0.2) is 18.2 Å². The van der Waals surface area contributed by atoms with Gasteiger partial charge in [0.15, 0.2) is 6.10 Å². The summed E-state index contributed by atoms with van der Waals surface area (Å²) >= 11 is 0. The van der Waals surface area contributed by atoms with E-state index >= 15 is 0 Å². The van der Waals surface area contributed by atoms with Crippen molar-refractivity contribution in [3.63, 3.8) is 0 Å². The van der Waals surface area contributed by atoms with Crippen molar-refractivity contribution in [1.29, 1.82) is 0 Å². The summed E-state index contributed by atoms with van der Waals surface area (Å²) in [6.07, 6.45) is -19.2. The first-order valence-electron chi connectivity index (χ1n) is 5.44. The molecule has 11 heteroatoms. The molecule has 0 unspecified atom stereocenters. The Labute approximate surface area is 117 Å². The maximum absolute atomic E-state index is 12.7. The molecule has 0 aromatic heterocycles. The molecule has 0 saturated carbocycles. The molecule has 1 rings (SSSR count). The highest BCUT2D eigenvalue weighted by Gasteiger charge is 2.46. The van der Waals surface area contributed by atoms with Crippen molar-refractivity contribution >= 4 is 0 Å². The number of rotatable bonds is 2. The Kier molecular flexibility index (Phi) is 4.73. The molecule has 0 aliphatic heterocycles. The molecule has 22 heavy (non-hydrogen) atoms. The van der Waals surface area contributed by atoms with Crippen LogP contribution < -0.4 is 5.73 Å². The zero-order valence-electron chi connectivity index (χ0n) is 10.3. The second-order valence-corrected chi connectivity index (χ2v) is 4.31. The molecular formula is C11H8F9NO. The molecule has 3 N–H and O–H groups in total. The molecule has 0 saturated heterocycles. The van der Waals surface area contributed by atoms with E-state index < -0.39 is 47.4 Å². The lowest BCUT2D eigenvalue weighted by Crippen LogP contribution is -2.39. The van der Waals surface area contributed by atoms with Gasteiger partial charge in [-0.1, -0.05) is 0 Å². The molecule has 0 bridgehead atoms. The third-order valence-electron chi connectivity index (χ3n) is 2.72. The van der Waals surface area contributed by atoms with Gasteiger partial charge in [0.05, 0.1) is 17.2 Å². The van der Waals surface area contributed by atoms with Crippen molar-refractivity contribution in [2.24, 2.45) is 5.73 Å². The van der Waals surface area contributed by atoms with Gasteiger partial charge < -0.3 is 10.8 Å². The highest BCUT2D eigenvalue weighted by molar-refractivity contribution is 5.38. The van der Waals surface area contributed by atoms with Crippen molar-refractivity contribution in [1.82, 2.24) is 0 Å². The van der Waals surface area contributed by atoms with E-state index in [9.17, 15) is 39.5 Å². The van der Waals surface area contributed by atoms with Gasteiger partial charge in [0.25, 0.3) is 0 Å². The number of nitrogens with two attached hydrogens (primary N) is 1. The molecule has 0 fully saturated rings. The minimum Gasteiger partial charge on any atom is -0.382 e. The lowest BCUT2D eigenvalue weighted by Gasteiger charge is -2.25.